The lowest BCUT2D eigenvalue weighted by molar-refractivity contribution is -0.131. The van der Waals surface area contributed by atoms with Crippen LogP contribution < -0.4 is 5.32 Å². The molecule has 0 spiro atoms. The van der Waals surface area contributed by atoms with Gasteiger partial charge in [-0.1, -0.05) is 36.4 Å². The van der Waals surface area contributed by atoms with E-state index in [4.69, 9.17) is 4.74 Å². The van der Waals surface area contributed by atoms with E-state index in [1.165, 1.54) is 4.88 Å². The van der Waals surface area contributed by atoms with Gasteiger partial charge in [0.25, 0.3) is 0 Å². The number of rotatable bonds is 8. The zero-order valence-electron chi connectivity index (χ0n) is 13.8. The first-order valence-electron chi connectivity index (χ1n) is 8.47. The van der Waals surface area contributed by atoms with Crippen LogP contribution in [0.4, 0.5) is 0 Å². The highest BCUT2D eigenvalue weighted by atomic mass is 32.1. The van der Waals surface area contributed by atoms with Crippen molar-refractivity contribution < 1.29 is 9.53 Å². The molecule has 1 amide bonds. The van der Waals surface area contributed by atoms with Crippen LogP contribution in [-0.2, 0) is 22.6 Å². The second kappa shape index (κ2) is 8.97. The third-order valence-electron chi connectivity index (χ3n) is 4.17. The van der Waals surface area contributed by atoms with Crippen molar-refractivity contribution in [2.24, 2.45) is 0 Å². The smallest absolute Gasteiger partial charge is 0.237 e. The van der Waals surface area contributed by atoms with Gasteiger partial charge in [-0.05, 0) is 29.9 Å². The van der Waals surface area contributed by atoms with Gasteiger partial charge in [-0.3, -0.25) is 4.79 Å². The third-order valence-corrected chi connectivity index (χ3v) is 5.03. The van der Waals surface area contributed by atoms with E-state index in [0.717, 1.165) is 31.6 Å². The van der Waals surface area contributed by atoms with Crippen LogP contribution in [0.5, 0.6) is 0 Å². The molecule has 0 radical (unpaired) electrons. The molecule has 1 aliphatic rings. The van der Waals surface area contributed by atoms with Gasteiger partial charge in [0.2, 0.25) is 5.91 Å². The summed E-state index contributed by atoms with van der Waals surface area (Å²) < 4.78 is 5.59. The van der Waals surface area contributed by atoms with E-state index in [9.17, 15) is 4.79 Å². The highest BCUT2D eigenvalue weighted by molar-refractivity contribution is 7.09. The summed E-state index contributed by atoms with van der Waals surface area (Å²) >= 11 is 1.69. The molecule has 1 aromatic heterocycles. The SMILES string of the molecule is O=C(CNC[C@@H]1CCCO1)N(Cc1ccccc1)Cc1cccs1. The quantitative estimate of drug-likeness (QED) is 0.800. The fraction of sp³-hybridized carbons (Fsp3) is 0.421. The molecule has 2 heterocycles. The number of amides is 1. The molecule has 1 saturated heterocycles. The number of hydrogen-bond donors (Lipinski definition) is 1. The summed E-state index contributed by atoms with van der Waals surface area (Å²) in [6, 6.07) is 14.3. The Labute approximate surface area is 147 Å². The standard InChI is InChI=1S/C19H24N2O2S/c22-19(13-20-12-17-8-4-10-23-17)21(15-18-9-5-11-24-18)14-16-6-2-1-3-7-16/h1-3,5-7,9,11,17,20H,4,8,10,12-15H2/t17-/m0/s1. The Morgan fingerprint density at radius 1 is 1.21 bits per heavy atom. The van der Waals surface area contributed by atoms with Crippen molar-refractivity contribution >= 4 is 17.2 Å². The molecular formula is C19H24N2O2S. The van der Waals surface area contributed by atoms with Gasteiger partial charge in [0, 0.05) is 24.6 Å². The van der Waals surface area contributed by atoms with Gasteiger partial charge in [-0.15, -0.1) is 11.3 Å². The number of ether oxygens (including phenoxy) is 1. The highest BCUT2D eigenvalue weighted by Gasteiger charge is 2.18. The molecule has 1 N–H and O–H groups in total. The van der Waals surface area contributed by atoms with E-state index in [2.05, 4.69) is 28.9 Å². The normalized spacial score (nSPS) is 17.1. The summed E-state index contributed by atoms with van der Waals surface area (Å²) in [4.78, 5) is 15.8. The number of benzene rings is 1. The first-order chi connectivity index (χ1) is 11.8. The molecule has 1 fully saturated rings. The van der Waals surface area contributed by atoms with E-state index in [1.54, 1.807) is 11.3 Å². The first kappa shape index (κ1) is 17.1. The Morgan fingerprint density at radius 2 is 2.08 bits per heavy atom. The second-order valence-corrected chi connectivity index (χ2v) is 7.11. The topological polar surface area (TPSA) is 41.6 Å². The minimum atomic E-state index is 0.130. The van der Waals surface area contributed by atoms with Gasteiger partial charge in [-0.2, -0.15) is 0 Å². The summed E-state index contributed by atoms with van der Waals surface area (Å²) in [6.45, 7) is 3.26. The van der Waals surface area contributed by atoms with Gasteiger partial charge in [0.15, 0.2) is 0 Å². The van der Waals surface area contributed by atoms with Crippen LogP contribution in [0.15, 0.2) is 47.8 Å². The molecular weight excluding hydrogens is 320 g/mol. The Morgan fingerprint density at radius 3 is 2.79 bits per heavy atom. The van der Waals surface area contributed by atoms with Crippen LogP contribution in [-0.4, -0.2) is 36.6 Å². The van der Waals surface area contributed by atoms with E-state index in [1.807, 2.05) is 29.2 Å². The van der Waals surface area contributed by atoms with Crippen molar-refractivity contribution in [2.75, 3.05) is 19.7 Å². The number of carbonyl (C=O) groups is 1. The number of nitrogens with one attached hydrogen (secondary N) is 1. The molecule has 5 heteroatoms. The monoisotopic (exact) mass is 344 g/mol. The Hall–Kier alpha value is -1.69. The highest BCUT2D eigenvalue weighted by Crippen LogP contribution is 2.15. The van der Waals surface area contributed by atoms with E-state index in [-0.39, 0.29) is 12.0 Å². The molecule has 0 bridgehead atoms. The summed E-state index contributed by atoms with van der Waals surface area (Å²) in [7, 11) is 0. The van der Waals surface area contributed by atoms with Gasteiger partial charge in [0.05, 0.1) is 19.2 Å². The summed E-state index contributed by atoms with van der Waals surface area (Å²) in [5.74, 6) is 0.130. The summed E-state index contributed by atoms with van der Waals surface area (Å²) in [5, 5.41) is 5.31. The molecule has 3 rings (SSSR count). The summed E-state index contributed by atoms with van der Waals surface area (Å²) in [5.41, 5.74) is 1.15. The Balaban J connectivity index is 1.56. The molecule has 0 aliphatic carbocycles. The third kappa shape index (κ3) is 5.16. The van der Waals surface area contributed by atoms with Gasteiger partial charge >= 0.3 is 0 Å². The lowest BCUT2D eigenvalue weighted by Gasteiger charge is -2.23. The lowest BCUT2D eigenvalue weighted by Crippen LogP contribution is -2.39. The minimum Gasteiger partial charge on any atom is -0.377 e. The number of thiophene rings is 1. The fourth-order valence-electron chi connectivity index (χ4n) is 2.88. The Kier molecular flexibility index (Phi) is 6.41. The van der Waals surface area contributed by atoms with Gasteiger partial charge in [0.1, 0.15) is 0 Å². The van der Waals surface area contributed by atoms with Crippen molar-refractivity contribution in [2.45, 2.75) is 32.0 Å². The maximum Gasteiger partial charge on any atom is 0.237 e. The molecule has 0 unspecified atom stereocenters. The molecule has 128 valence electrons. The minimum absolute atomic E-state index is 0.130. The lowest BCUT2D eigenvalue weighted by atomic mass is 10.2. The average Bonchev–Trinajstić information content (AvgIpc) is 3.29. The van der Waals surface area contributed by atoms with Crippen molar-refractivity contribution in [3.63, 3.8) is 0 Å². The van der Waals surface area contributed by atoms with Crippen molar-refractivity contribution in [1.82, 2.24) is 10.2 Å². The Bertz CT molecular complexity index is 610. The summed E-state index contributed by atoms with van der Waals surface area (Å²) in [6.07, 6.45) is 2.47. The predicted molar refractivity (Wildman–Crippen MR) is 96.9 cm³/mol. The molecule has 4 nitrogen and oxygen atoms in total. The number of carbonyl (C=O) groups excluding carboxylic acids is 1. The van der Waals surface area contributed by atoms with Crippen LogP contribution in [0.25, 0.3) is 0 Å². The molecule has 1 aromatic carbocycles. The van der Waals surface area contributed by atoms with Crippen LogP contribution in [0.2, 0.25) is 0 Å². The second-order valence-electron chi connectivity index (χ2n) is 6.08. The zero-order chi connectivity index (χ0) is 16.6. The van der Waals surface area contributed by atoms with Crippen molar-refractivity contribution in [1.29, 1.82) is 0 Å². The maximum atomic E-state index is 12.7. The van der Waals surface area contributed by atoms with Crippen LogP contribution >= 0.6 is 11.3 Å². The molecule has 2 aromatic rings. The first-order valence-corrected chi connectivity index (χ1v) is 9.35. The van der Waals surface area contributed by atoms with Crippen molar-refractivity contribution in [3.05, 3.63) is 58.3 Å². The largest absolute Gasteiger partial charge is 0.377 e. The predicted octanol–water partition coefficient (Wildman–Crippen LogP) is 3.05. The van der Waals surface area contributed by atoms with E-state index < -0.39 is 0 Å². The molecule has 1 atom stereocenters. The van der Waals surface area contributed by atoms with Gasteiger partial charge < -0.3 is 15.0 Å². The molecule has 0 saturated carbocycles. The zero-order valence-corrected chi connectivity index (χ0v) is 14.6. The number of nitrogens with zero attached hydrogens (tertiary/aromatic N) is 1. The van der Waals surface area contributed by atoms with Gasteiger partial charge in [-0.25, -0.2) is 0 Å². The average molecular weight is 344 g/mol. The van der Waals surface area contributed by atoms with Crippen LogP contribution in [0, 0.1) is 0 Å². The van der Waals surface area contributed by atoms with Crippen molar-refractivity contribution in [3.8, 4) is 0 Å². The van der Waals surface area contributed by atoms with Crippen LogP contribution in [0.1, 0.15) is 23.3 Å². The molecule has 24 heavy (non-hydrogen) atoms. The number of hydrogen-bond acceptors (Lipinski definition) is 4. The van der Waals surface area contributed by atoms with E-state index in [0.29, 0.717) is 19.6 Å². The molecule has 1 aliphatic heterocycles. The fourth-order valence-corrected chi connectivity index (χ4v) is 3.60. The van der Waals surface area contributed by atoms with Crippen LogP contribution in [0.3, 0.4) is 0 Å². The van der Waals surface area contributed by atoms with E-state index >= 15 is 0 Å². The maximum absolute atomic E-state index is 12.7.